The minimum absolute atomic E-state index is 0.360. The summed E-state index contributed by atoms with van der Waals surface area (Å²) in [6.45, 7) is 2.03. The average molecular weight is 370 g/mol. The zero-order valence-electron chi connectivity index (χ0n) is 10.1. The van der Waals surface area contributed by atoms with E-state index in [1.54, 1.807) is 0 Å². The second-order valence-electron chi connectivity index (χ2n) is 3.81. The van der Waals surface area contributed by atoms with E-state index in [1.807, 2.05) is 54.8 Å². The van der Waals surface area contributed by atoms with Crippen molar-refractivity contribution in [3.8, 4) is 0 Å². The summed E-state index contributed by atoms with van der Waals surface area (Å²) in [6.07, 6.45) is 0. The second kappa shape index (κ2) is 6.89. The van der Waals surface area contributed by atoms with Crippen LogP contribution in [0.4, 0.5) is 0 Å². The van der Waals surface area contributed by atoms with Gasteiger partial charge < -0.3 is 0 Å². The Hall–Kier alpha value is -0.880. The quantitative estimate of drug-likeness (QED) is 0.757. The van der Waals surface area contributed by atoms with Gasteiger partial charge in [0.1, 0.15) is 0 Å². The molecule has 0 aliphatic heterocycles. The summed E-state index contributed by atoms with van der Waals surface area (Å²) in [7, 11) is -1.01. The summed E-state index contributed by atoms with van der Waals surface area (Å²) in [5, 5.41) is 1.82. The van der Waals surface area contributed by atoms with Gasteiger partial charge in [0.05, 0.1) is 0 Å². The first-order valence-corrected chi connectivity index (χ1v) is 9.34. The average Bonchev–Trinajstić information content (AvgIpc) is 2.40. The Morgan fingerprint density at radius 3 is 2.33 bits per heavy atom. The first-order chi connectivity index (χ1) is 8.75. The Bertz CT molecular complexity index is 546. The number of rotatable bonds is 4. The SMILES string of the molecule is Cc1ccc(S(=O)/C=C\[Te]c2ccccc2)cc1. The Kier molecular flexibility index (Phi) is 5.19. The fourth-order valence-corrected chi connectivity index (χ4v) is 4.81. The summed E-state index contributed by atoms with van der Waals surface area (Å²) in [5.41, 5.74) is 1.19. The van der Waals surface area contributed by atoms with Crippen molar-refractivity contribution < 1.29 is 4.21 Å². The molecule has 0 heterocycles. The van der Waals surface area contributed by atoms with E-state index in [4.69, 9.17) is 0 Å². The summed E-state index contributed by atoms with van der Waals surface area (Å²) in [6, 6.07) is 18.2. The number of hydrogen-bond acceptors (Lipinski definition) is 1. The summed E-state index contributed by atoms with van der Waals surface area (Å²) in [4.78, 5) is 0.873. The normalized spacial score (nSPS) is 12.7. The van der Waals surface area contributed by atoms with Gasteiger partial charge in [-0.2, -0.15) is 0 Å². The Labute approximate surface area is 120 Å². The Morgan fingerprint density at radius 1 is 1.00 bits per heavy atom. The third-order valence-electron chi connectivity index (χ3n) is 2.38. The van der Waals surface area contributed by atoms with E-state index in [2.05, 4.69) is 16.3 Å². The Balaban J connectivity index is 1.97. The predicted octanol–water partition coefficient (Wildman–Crippen LogP) is 2.60. The van der Waals surface area contributed by atoms with Crippen molar-refractivity contribution in [3.05, 3.63) is 69.7 Å². The van der Waals surface area contributed by atoms with E-state index in [-0.39, 0.29) is 20.9 Å². The predicted molar refractivity (Wildman–Crippen MR) is 78.6 cm³/mol. The molecule has 0 bridgehead atoms. The van der Waals surface area contributed by atoms with Crippen LogP contribution in [-0.4, -0.2) is 25.1 Å². The van der Waals surface area contributed by atoms with Crippen molar-refractivity contribution in [3.63, 3.8) is 0 Å². The van der Waals surface area contributed by atoms with Crippen molar-refractivity contribution in [1.82, 2.24) is 0 Å². The standard InChI is InChI=1S/C15H14OSTe/c1-13-7-9-14(10-8-13)17(16)11-12-18-15-5-3-2-4-6-15/h2-12H,1H3/b12-11-. The van der Waals surface area contributed by atoms with Crippen LogP contribution < -0.4 is 3.61 Å². The first-order valence-electron chi connectivity index (χ1n) is 5.61. The molecule has 0 aromatic heterocycles. The van der Waals surface area contributed by atoms with Gasteiger partial charge in [0, 0.05) is 0 Å². The number of aryl methyl sites for hydroxylation is 1. The van der Waals surface area contributed by atoms with Crippen LogP contribution in [0.2, 0.25) is 0 Å². The molecule has 0 amide bonds. The molecule has 2 aromatic rings. The minimum atomic E-state index is -1.01. The molecule has 0 N–H and O–H groups in total. The second-order valence-corrected chi connectivity index (χ2v) is 7.95. The van der Waals surface area contributed by atoms with Gasteiger partial charge in [-0.05, 0) is 0 Å². The van der Waals surface area contributed by atoms with Crippen LogP contribution in [0.1, 0.15) is 5.56 Å². The molecule has 0 aliphatic carbocycles. The van der Waals surface area contributed by atoms with Crippen LogP contribution in [0.15, 0.2) is 69.0 Å². The van der Waals surface area contributed by atoms with Crippen molar-refractivity contribution in [1.29, 1.82) is 0 Å². The van der Waals surface area contributed by atoms with E-state index in [1.165, 1.54) is 9.17 Å². The summed E-state index contributed by atoms with van der Waals surface area (Å²) in [5.74, 6) is 0. The molecular formula is C15H14OSTe. The van der Waals surface area contributed by atoms with Gasteiger partial charge in [0.15, 0.2) is 0 Å². The molecule has 1 unspecified atom stereocenters. The zero-order chi connectivity index (χ0) is 12.8. The maximum absolute atomic E-state index is 12.0. The maximum atomic E-state index is 12.0. The van der Waals surface area contributed by atoms with Crippen LogP contribution in [0.3, 0.4) is 0 Å². The Morgan fingerprint density at radius 2 is 1.67 bits per heavy atom. The van der Waals surface area contributed by atoms with Crippen LogP contribution >= 0.6 is 0 Å². The summed E-state index contributed by atoms with van der Waals surface area (Å²) >= 11 is -0.360. The molecular weight excluding hydrogens is 356 g/mol. The molecule has 18 heavy (non-hydrogen) atoms. The zero-order valence-corrected chi connectivity index (χ0v) is 13.2. The van der Waals surface area contributed by atoms with Crippen molar-refractivity contribution in [2.45, 2.75) is 11.8 Å². The van der Waals surface area contributed by atoms with Crippen LogP contribution in [-0.2, 0) is 10.8 Å². The van der Waals surface area contributed by atoms with Gasteiger partial charge in [-0.15, -0.1) is 0 Å². The molecule has 2 rings (SSSR count). The van der Waals surface area contributed by atoms with Gasteiger partial charge in [0.25, 0.3) is 0 Å². The third-order valence-corrected chi connectivity index (χ3v) is 6.37. The molecule has 0 saturated heterocycles. The van der Waals surface area contributed by atoms with Crippen LogP contribution in [0, 0.1) is 6.92 Å². The molecule has 2 aromatic carbocycles. The van der Waals surface area contributed by atoms with E-state index in [9.17, 15) is 4.21 Å². The van der Waals surface area contributed by atoms with Crippen LogP contribution in [0.5, 0.6) is 0 Å². The molecule has 0 aliphatic rings. The van der Waals surface area contributed by atoms with Gasteiger partial charge in [0.2, 0.25) is 0 Å². The molecule has 1 atom stereocenters. The van der Waals surface area contributed by atoms with Crippen LogP contribution in [0.25, 0.3) is 0 Å². The monoisotopic (exact) mass is 372 g/mol. The molecule has 0 spiro atoms. The molecule has 1 nitrogen and oxygen atoms in total. The molecule has 92 valence electrons. The van der Waals surface area contributed by atoms with Crippen molar-refractivity contribution >= 4 is 35.3 Å². The fraction of sp³-hybridized carbons (Fsp3) is 0.0667. The molecule has 0 saturated carbocycles. The third kappa shape index (κ3) is 4.10. The molecule has 0 radical (unpaired) electrons. The van der Waals surface area contributed by atoms with Crippen molar-refractivity contribution in [2.24, 2.45) is 0 Å². The van der Waals surface area contributed by atoms with Gasteiger partial charge in [-0.1, -0.05) is 0 Å². The number of benzene rings is 2. The van der Waals surface area contributed by atoms with E-state index in [0.717, 1.165) is 4.90 Å². The van der Waals surface area contributed by atoms with Gasteiger partial charge in [-0.3, -0.25) is 0 Å². The van der Waals surface area contributed by atoms with Gasteiger partial charge in [-0.25, -0.2) is 0 Å². The first kappa shape index (κ1) is 13.5. The summed E-state index contributed by atoms with van der Waals surface area (Å²) < 4.78 is 15.4. The van der Waals surface area contributed by atoms with E-state index >= 15 is 0 Å². The molecule has 0 fully saturated rings. The topological polar surface area (TPSA) is 17.1 Å². The fourth-order valence-electron chi connectivity index (χ4n) is 1.41. The number of hydrogen-bond donors (Lipinski definition) is 0. The van der Waals surface area contributed by atoms with Gasteiger partial charge >= 0.3 is 121 Å². The molecule has 3 heteroatoms. The van der Waals surface area contributed by atoms with E-state index < -0.39 is 10.8 Å². The van der Waals surface area contributed by atoms with Crippen molar-refractivity contribution in [2.75, 3.05) is 0 Å². The van der Waals surface area contributed by atoms with E-state index in [0.29, 0.717) is 0 Å².